The van der Waals surface area contributed by atoms with E-state index in [-0.39, 0.29) is 11.4 Å². The molecule has 0 bridgehead atoms. The van der Waals surface area contributed by atoms with E-state index in [1.807, 2.05) is 11.4 Å². The summed E-state index contributed by atoms with van der Waals surface area (Å²) < 4.78 is 1.14. The highest BCUT2D eigenvalue weighted by atomic mass is 127. The highest BCUT2D eigenvalue weighted by molar-refractivity contribution is 14.1. The molecule has 0 radical (unpaired) electrons. The van der Waals surface area contributed by atoms with Gasteiger partial charge < -0.3 is 5.32 Å². The molecule has 1 aromatic heterocycles. The quantitative estimate of drug-likeness (QED) is 0.570. The lowest BCUT2D eigenvalue weighted by atomic mass is 9.95. The smallest absolute Gasteiger partial charge is 0.252 e. The monoisotopic (exact) mass is 415 g/mol. The lowest BCUT2D eigenvalue weighted by Crippen LogP contribution is -2.45. The first kappa shape index (κ1) is 14.4. The summed E-state index contributed by atoms with van der Waals surface area (Å²) in [6.07, 6.45) is 1.88. The number of hydrogen-bond acceptors (Lipinski definition) is 2. The van der Waals surface area contributed by atoms with E-state index in [2.05, 4.69) is 57.7 Å². The number of halogens is 2. The Morgan fingerprint density at radius 3 is 2.81 bits per heavy atom. The van der Waals surface area contributed by atoms with E-state index in [1.165, 1.54) is 0 Å². The maximum atomic E-state index is 12.0. The zero-order valence-corrected chi connectivity index (χ0v) is 13.9. The average molecular weight is 416 g/mol. The Kier molecular flexibility index (Phi) is 5.73. The highest BCUT2D eigenvalue weighted by Crippen LogP contribution is 2.20. The van der Waals surface area contributed by atoms with Crippen LogP contribution in [-0.2, 0) is 0 Å². The van der Waals surface area contributed by atoms with Crippen molar-refractivity contribution in [2.75, 3.05) is 5.33 Å². The molecule has 0 fully saturated rings. The predicted molar refractivity (Wildman–Crippen MR) is 81.6 cm³/mol. The van der Waals surface area contributed by atoms with Gasteiger partial charge in [-0.25, -0.2) is 0 Å². The molecule has 0 aromatic carbocycles. The molecule has 1 heterocycles. The topological polar surface area (TPSA) is 29.1 Å². The van der Waals surface area contributed by atoms with E-state index in [0.29, 0.717) is 0 Å². The fourth-order valence-corrected chi connectivity index (χ4v) is 3.51. The minimum atomic E-state index is -0.117. The second-order valence-electron chi connectivity index (χ2n) is 3.95. The fourth-order valence-electron chi connectivity index (χ4n) is 1.31. The Bertz CT molecular complexity index is 369. The van der Waals surface area contributed by atoms with Crippen molar-refractivity contribution in [3.8, 4) is 0 Å². The standard InChI is InChI=1S/C11H15BrINOS/c1-3-11(2,4-5-12)14-10(15)8-6-9(13)16-7-8/h6-7H,3-5H2,1-2H3,(H,14,15). The molecule has 0 aliphatic rings. The molecule has 2 nitrogen and oxygen atoms in total. The first-order chi connectivity index (χ1) is 7.50. The SMILES string of the molecule is CCC(C)(CCBr)NC(=O)c1csc(I)c1. The van der Waals surface area contributed by atoms with Crippen LogP contribution in [0.5, 0.6) is 0 Å². The van der Waals surface area contributed by atoms with E-state index in [9.17, 15) is 4.79 Å². The van der Waals surface area contributed by atoms with Crippen molar-refractivity contribution < 1.29 is 4.79 Å². The molecule has 90 valence electrons. The number of carbonyl (C=O) groups is 1. The summed E-state index contributed by atoms with van der Waals surface area (Å²) in [5, 5.41) is 5.91. The molecule has 1 unspecified atom stereocenters. The van der Waals surface area contributed by atoms with Crippen molar-refractivity contribution in [2.45, 2.75) is 32.2 Å². The summed E-state index contributed by atoms with van der Waals surface area (Å²) in [6, 6.07) is 1.92. The van der Waals surface area contributed by atoms with Gasteiger partial charge in [0.05, 0.1) is 8.45 Å². The molecule has 0 aliphatic heterocycles. The molecule has 0 aliphatic carbocycles. The zero-order chi connectivity index (χ0) is 12.2. The maximum absolute atomic E-state index is 12.0. The third-order valence-electron chi connectivity index (χ3n) is 2.67. The number of carbonyl (C=O) groups excluding carboxylic acids is 1. The maximum Gasteiger partial charge on any atom is 0.252 e. The van der Waals surface area contributed by atoms with E-state index >= 15 is 0 Å². The molecule has 0 saturated heterocycles. The van der Waals surface area contributed by atoms with E-state index in [4.69, 9.17) is 0 Å². The van der Waals surface area contributed by atoms with Gasteiger partial charge in [0.25, 0.3) is 5.91 Å². The summed E-state index contributed by atoms with van der Waals surface area (Å²) in [5.41, 5.74) is 0.650. The van der Waals surface area contributed by atoms with Crippen LogP contribution in [0, 0.1) is 2.88 Å². The van der Waals surface area contributed by atoms with Crippen molar-refractivity contribution in [2.24, 2.45) is 0 Å². The summed E-state index contributed by atoms with van der Waals surface area (Å²) >= 11 is 7.25. The van der Waals surface area contributed by atoms with Crippen LogP contribution in [0.2, 0.25) is 0 Å². The van der Waals surface area contributed by atoms with Gasteiger partial charge in [0.15, 0.2) is 0 Å². The van der Waals surface area contributed by atoms with Gasteiger partial charge >= 0.3 is 0 Å². The normalized spacial score (nSPS) is 14.5. The van der Waals surface area contributed by atoms with Gasteiger partial charge in [-0.1, -0.05) is 22.9 Å². The second-order valence-corrected chi connectivity index (χ2v) is 7.55. The minimum Gasteiger partial charge on any atom is -0.347 e. The molecule has 1 amide bonds. The largest absolute Gasteiger partial charge is 0.347 e. The molecule has 5 heteroatoms. The van der Waals surface area contributed by atoms with Crippen molar-refractivity contribution in [1.29, 1.82) is 0 Å². The molecular weight excluding hydrogens is 401 g/mol. The van der Waals surface area contributed by atoms with Gasteiger partial charge in [0.2, 0.25) is 0 Å². The number of hydrogen-bond donors (Lipinski definition) is 1. The third kappa shape index (κ3) is 4.00. The molecular formula is C11H15BrINOS. The van der Waals surface area contributed by atoms with Crippen LogP contribution in [0.25, 0.3) is 0 Å². The summed E-state index contributed by atoms with van der Waals surface area (Å²) in [7, 11) is 0. The van der Waals surface area contributed by atoms with Crippen LogP contribution in [-0.4, -0.2) is 16.8 Å². The van der Waals surface area contributed by atoms with Gasteiger partial charge in [-0.15, -0.1) is 11.3 Å². The Morgan fingerprint density at radius 2 is 2.38 bits per heavy atom. The predicted octanol–water partition coefficient (Wildman–Crippen LogP) is 4.04. The van der Waals surface area contributed by atoms with Crippen LogP contribution < -0.4 is 5.32 Å². The molecule has 0 spiro atoms. The Morgan fingerprint density at radius 1 is 1.69 bits per heavy atom. The van der Waals surface area contributed by atoms with E-state index < -0.39 is 0 Å². The Labute approximate surface area is 122 Å². The molecule has 0 saturated carbocycles. The van der Waals surface area contributed by atoms with Crippen LogP contribution in [0.1, 0.15) is 37.0 Å². The van der Waals surface area contributed by atoms with Gasteiger partial charge in [-0.05, 0) is 48.4 Å². The lowest BCUT2D eigenvalue weighted by molar-refractivity contribution is 0.0902. The van der Waals surface area contributed by atoms with Gasteiger partial charge in [0.1, 0.15) is 0 Å². The minimum absolute atomic E-state index is 0.0319. The molecule has 1 aromatic rings. The fraction of sp³-hybridized carbons (Fsp3) is 0.545. The van der Waals surface area contributed by atoms with Crippen LogP contribution in [0.4, 0.5) is 0 Å². The molecule has 1 N–H and O–H groups in total. The molecule has 16 heavy (non-hydrogen) atoms. The summed E-state index contributed by atoms with van der Waals surface area (Å²) in [5.74, 6) is 0.0319. The Balaban J connectivity index is 2.69. The van der Waals surface area contributed by atoms with E-state index in [0.717, 1.165) is 26.6 Å². The zero-order valence-electron chi connectivity index (χ0n) is 9.35. The van der Waals surface area contributed by atoms with Crippen LogP contribution in [0.15, 0.2) is 11.4 Å². The van der Waals surface area contributed by atoms with Crippen molar-refractivity contribution in [3.63, 3.8) is 0 Å². The van der Waals surface area contributed by atoms with Gasteiger partial charge in [-0.3, -0.25) is 4.79 Å². The van der Waals surface area contributed by atoms with Crippen LogP contribution >= 0.6 is 49.9 Å². The summed E-state index contributed by atoms with van der Waals surface area (Å²) in [4.78, 5) is 12.0. The van der Waals surface area contributed by atoms with Crippen molar-refractivity contribution >= 4 is 55.8 Å². The first-order valence-corrected chi connectivity index (χ1v) is 8.21. The number of nitrogens with one attached hydrogen (secondary N) is 1. The van der Waals surface area contributed by atoms with Gasteiger partial charge in [-0.2, -0.15) is 0 Å². The van der Waals surface area contributed by atoms with Crippen molar-refractivity contribution in [1.82, 2.24) is 5.32 Å². The lowest BCUT2D eigenvalue weighted by Gasteiger charge is -2.28. The number of alkyl halides is 1. The Hall–Kier alpha value is 0.380. The number of amides is 1. The number of rotatable bonds is 5. The second kappa shape index (κ2) is 6.35. The average Bonchev–Trinajstić information content (AvgIpc) is 2.65. The molecule has 1 rings (SSSR count). The van der Waals surface area contributed by atoms with Crippen molar-refractivity contribution in [3.05, 3.63) is 19.9 Å². The first-order valence-electron chi connectivity index (χ1n) is 5.13. The highest BCUT2D eigenvalue weighted by Gasteiger charge is 2.24. The summed E-state index contributed by atoms with van der Waals surface area (Å²) in [6.45, 7) is 4.18. The number of thiophene rings is 1. The van der Waals surface area contributed by atoms with Crippen LogP contribution in [0.3, 0.4) is 0 Å². The third-order valence-corrected chi connectivity index (χ3v) is 4.86. The van der Waals surface area contributed by atoms with Gasteiger partial charge in [0, 0.05) is 16.2 Å². The van der Waals surface area contributed by atoms with E-state index in [1.54, 1.807) is 11.3 Å². The molecule has 1 atom stereocenters.